The third-order valence-corrected chi connectivity index (χ3v) is 3.03. The Kier molecular flexibility index (Phi) is 4.95. The summed E-state index contributed by atoms with van der Waals surface area (Å²) in [6.07, 6.45) is 0. The van der Waals surface area contributed by atoms with Crippen LogP contribution in [0, 0.1) is 0 Å². The van der Waals surface area contributed by atoms with E-state index in [1.807, 2.05) is 24.3 Å². The highest BCUT2D eigenvalue weighted by atomic mass is 16.5. The molecule has 0 radical (unpaired) electrons. The molecule has 1 aromatic carbocycles. The van der Waals surface area contributed by atoms with Crippen LogP contribution in [-0.2, 0) is 14.3 Å². The molecule has 108 valence electrons. The minimum Gasteiger partial charge on any atom is -0.378 e. The molecule has 1 heterocycles. The lowest BCUT2D eigenvalue weighted by atomic mass is 10.2. The number of morpholine rings is 1. The molecule has 6 nitrogen and oxygen atoms in total. The first-order valence-corrected chi connectivity index (χ1v) is 6.63. The monoisotopic (exact) mass is 277 g/mol. The topological polar surface area (TPSA) is 70.7 Å². The van der Waals surface area contributed by atoms with Crippen molar-refractivity contribution in [3.63, 3.8) is 0 Å². The van der Waals surface area contributed by atoms with Crippen molar-refractivity contribution < 1.29 is 14.3 Å². The molecule has 0 aromatic heterocycles. The number of carbonyl (C=O) groups excluding carboxylic acids is 2. The molecule has 1 aliphatic rings. The molecule has 1 aliphatic heterocycles. The van der Waals surface area contributed by atoms with Gasteiger partial charge in [0.1, 0.15) is 0 Å². The van der Waals surface area contributed by atoms with Crippen LogP contribution in [0.15, 0.2) is 24.3 Å². The fourth-order valence-corrected chi connectivity index (χ4v) is 2.06. The van der Waals surface area contributed by atoms with Gasteiger partial charge in [-0.2, -0.15) is 0 Å². The van der Waals surface area contributed by atoms with Crippen molar-refractivity contribution in [2.24, 2.45) is 0 Å². The lowest BCUT2D eigenvalue weighted by Crippen LogP contribution is -2.37. The van der Waals surface area contributed by atoms with Gasteiger partial charge in [-0.1, -0.05) is 12.1 Å². The van der Waals surface area contributed by atoms with Gasteiger partial charge in [-0.3, -0.25) is 9.59 Å². The largest absolute Gasteiger partial charge is 0.378 e. The number of rotatable bonds is 4. The van der Waals surface area contributed by atoms with Gasteiger partial charge in [-0.25, -0.2) is 0 Å². The van der Waals surface area contributed by atoms with Crippen LogP contribution in [-0.4, -0.2) is 44.7 Å². The van der Waals surface area contributed by atoms with Crippen molar-refractivity contribution in [2.45, 2.75) is 6.92 Å². The summed E-state index contributed by atoms with van der Waals surface area (Å²) in [5.41, 5.74) is 1.73. The standard InChI is InChI=1S/C14H19N3O3/c1-11(18)15-10-14(19)16-12-4-2-3-5-13(12)17-6-8-20-9-7-17/h2-5H,6-10H2,1H3,(H,15,18)(H,16,19). The summed E-state index contributed by atoms with van der Waals surface area (Å²) in [6, 6.07) is 7.64. The zero-order valence-electron chi connectivity index (χ0n) is 11.5. The fourth-order valence-electron chi connectivity index (χ4n) is 2.06. The minimum absolute atomic E-state index is 0.0211. The number of para-hydroxylation sites is 2. The van der Waals surface area contributed by atoms with Crippen LogP contribution in [0.3, 0.4) is 0 Å². The van der Waals surface area contributed by atoms with E-state index < -0.39 is 0 Å². The summed E-state index contributed by atoms with van der Waals surface area (Å²) in [5, 5.41) is 5.31. The Balaban J connectivity index is 2.03. The quantitative estimate of drug-likeness (QED) is 0.845. The van der Waals surface area contributed by atoms with Crippen molar-refractivity contribution in [1.29, 1.82) is 0 Å². The number of benzene rings is 1. The maximum atomic E-state index is 11.8. The van der Waals surface area contributed by atoms with Gasteiger partial charge in [0, 0.05) is 20.0 Å². The Morgan fingerprint density at radius 2 is 1.95 bits per heavy atom. The number of nitrogens with one attached hydrogen (secondary N) is 2. The summed E-state index contributed by atoms with van der Waals surface area (Å²) in [6.45, 7) is 4.35. The summed E-state index contributed by atoms with van der Waals surface area (Å²) < 4.78 is 5.33. The van der Waals surface area contributed by atoms with E-state index in [1.54, 1.807) is 0 Å². The highest BCUT2D eigenvalue weighted by molar-refractivity contribution is 5.97. The maximum absolute atomic E-state index is 11.8. The molecule has 2 N–H and O–H groups in total. The first-order valence-electron chi connectivity index (χ1n) is 6.63. The molecule has 1 saturated heterocycles. The molecule has 0 bridgehead atoms. The number of anilines is 2. The van der Waals surface area contributed by atoms with Gasteiger partial charge in [-0.05, 0) is 12.1 Å². The van der Waals surface area contributed by atoms with E-state index in [4.69, 9.17) is 4.74 Å². The van der Waals surface area contributed by atoms with Gasteiger partial charge in [0.2, 0.25) is 11.8 Å². The first kappa shape index (κ1) is 14.3. The molecular weight excluding hydrogens is 258 g/mol. The van der Waals surface area contributed by atoms with Crippen molar-refractivity contribution in [3.05, 3.63) is 24.3 Å². The Labute approximate surface area is 118 Å². The minimum atomic E-state index is -0.235. The molecule has 1 fully saturated rings. The molecule has 1 aromatic rings. The average Bonchev–Trinajstić information content (AvgIpc) is 2.47. The van der Waals surface area contributed by atoms with Gasteiger partial charge in [0.25, 0.3) is 0 Å². The van der Waals surface area contributed by atoms with Gasteiger partial charge in [0.15, 0.2) is 0 Å². The highest BCUT2D eigenvalue weighted by Crippen LogP contribution is 2.26. The number of amides is 2. The van der Waals surface area contributed by atoms with Crippen LogP contribution in [0.25, 0.3) is 0 Å². The Morgan fingerprint density at radius 3 is 2.65 bits per heavy atom. The Morgan fingerprint density at radius 1 is 1.25 bits per heavy atom. The maximum Gasteiger partial charge on any atom is 0.243 e. The lowest BCUT2D eigenvalue weighted by Gasteiger charge is -2.30. The summed E-state index contributed by atoms with van der Waals surface area (Å²) in [7, 11) is 0. The predicted octanol–water partition coefficient (Wildman–Crippen LogP) is 0.598. The van der Waals surface area contributed by atoms with E-state index in [2.05, 4.69) is 15.5 Å². The number of nitrogens with zero attached hydrogens (tertiary/aromatic N) is 1. The number of carbonyl (C=O) groups is 2. The van der Waals surface area contributed by atoms with Crippen LogP contribution in [0.2, 0.25) is 0 Å². The van der Waals surface area contributed by atoms with E-state index in [1.165, 1.54) is 6.92 Å². The van der Waals surface area contributed by atoms with Crippen LogP contribution >= 0.6 is 0 Å². The molecule has 6 heteroatoms. The van der Waals surface area contributed by atoms with Crippen molar-refractivity contribution in [3.8, 4) is 0 Å². The van der Waals surface area contributed by atoms with Crippen LogP contribution in [0.5, 0.6) is 0 Å². The molecule has 2 rings (SSSR count). The van der Waals surface area contributed by atoms with Gasteiger partial charge in [-0.15, -0.1) is 0 Å². The number of hydrogen-bond donors (Lipinski definition) is 2. The third kappa shape index (κ3) is 3.96. The van der Waals surface area contributed by atoms with Crippen LogP contribution in [0.4, 0.5) is 11.4 Å². The second-order valence-corrected chi connectivity index (χ2v) is 4.57. The smallest absolute Gasteiger partial charge is 0.243 e. The normalized spacial score (nSPS) is 14.8. The summed E-state index contributed by atoms with van der Waals surface area (Å²) in [4.78, 5) is 24.8. The van der Waals surface area contributed by atoms with Crippen LogP contribution in [0.1, 0.15) is 6.92 Å². The van der Waals surface area contributed by atoms with E-state index in [-0.39, 0.29) is 18.4 Å². The second-order valence-electron chi connectivity index (χ2n) is 4.57. The molecule has 0 aliphatic carbocycles. The van der Waals surface area contributed by atoms with Gasteiger partial charge in [0.05, 0.1) is 31.1 Å². The molecule has 2 amide bonds. The number of hydrogen-bond acceptors (Lipinski definition) is 4. The molecule has 0 unspecified atom stereocenters. The summed E-state index contributed by atoms with van der Waals surface area (Å²) >= 11 is 0. The SMILES string of the molecule is CC(=O)NCC(=O)Nc1ccccc1N1CCOCC1. The zero-order chi connectivity index (χ0) is 14.4. The van der Waals surface area contributed by atoms with E-state index in [9.17, 15) is 9.59 Å². The van der Waals surface area contributed by atoms with Gasteiger partial charge < -0.3 is 20.3 Å². The second kappa shape index (κ2) is 6.91. The third-order valence-electron chi connectivity index (χ3n) is 3.03. The lowest BCUT2D eigenvalue weighted by molar-refractivity contribution is -0.122. The molecule has 0 saturated carbocycles. The fraction of sp³-hybridized carbons (Fsp3) is 0.429. The molecule has 0 atom stereocenters. The van der Waals surface area contributed by atoms with E-state index in [0.29, 0.717) is 13.2 Å². The highest BCUT2D eigenvalue weighted by Gasteiger charge is 2.15. The van der Waals surface area contributed by atoms with E-state index in [0.717, 1.165) is 24.5 Å². The molecule has 20 heavy (non-hydrogen) atoms. The van der Waals surface area contributed by atoms with Gasteiger partial charge >= 0.3 is 0 Å². The Bertz CT molecular complexity index is 484. The Hall–Kier alpha value is -2.08. The predicted molar refractivity (Wildman–Crippen MR) is 76.8 cm³/mol. The zero-order valence-corrected chi connectivity index (χ0v) is 11.5. The summed E-state index contributed by atoms with van der Waals surface area (Å²) in [5.74, 6) is -0.456. The van der Waals surface area contributed by atoms with E-state index >= 15 is 0 Å². The molecular formula is C14H19N3O3. The van der Waals surface area contributed by atoms with Crippen molar-refractivity contribution in [1.82, 2.24) is 5.32 Å². The van der Waals surface area contributed by atoms with Crippen molar-refractivity contribution >= 4 is 23.2 Å². The average molecular weight is 277 g/mol. The van der Waals surface area contributed by atoms with Crippen LogP contribution < -0.4 is 15.5 Å². The van der Waals surface area contributed by atoms with Crippen molar-refractivity contribution in [2.75, 3.05) is 43.1 Å². The molecule has 0 spiro atoms. The number of ether oxygens (including phenoxy) is 1. The first-order chi connectivity index (χ1) is 9.66.